The highest BCUT2D eigenvalue weighted by atomic mass is 31.1. The molecule has 1 rings (SSSR count). The maximum atomic E-state index is 10.6. The van der Waals surface area contributed by atoms with E-state index in [9.17, 15) is 4.57 Å². The molecule has 0 fully saturated rings. The van der Waals surface area contributed by atoms with E-state index in [1.807, 2.05) is 43.5 Å². The number of rotatable bonds is 5. The Bertz CT molecular complexity index is 346. The van der Waals surface area contributed by atoms with Crippen molar-refractivity contribution in [2.45, 2.75) is 0 Å². The van der Waals surface area contributed by atoms with E-state index in [0.29, 0.717) is 6.61 Å². The zero-order valence-electron chi connectivity index (χ0n) is 8.93. The monoisotopic (exact) mass is 224 g/mol. The number of nitrogens with one attached hydrogen (secondary N) is 1. The van der Waals surface area contributed by atoms with Crippen molar-refractivity contribution in [1.82, 2.24) is 0 Å². The predicted molar refractivity (Wildman–Crippen MR) is 64.5 cm³/mol. The maximum Gasteiger partial charge on any atom is 0.505 e. The van der Waals surface area contributed by atoms with Gasteiger partial charge in [-0.25, -0.2) is 0 Å². The maximum absolute atomic E-state index is 10.6. The van der Waals surface area contributed by atoms with E-state index in [2.05, 4.69) is 5.32 Å². The summed E-state index contributed by atoms with van der Waals surface area (Å²) in [6.45, 7) is 1.93. The molecule has 15 heavy (non-hydrogen) atoms. The van der Waals surface area contributed by atoms with Gasteiger partial charge in [-0.3, -0.25) is 0 Å². The summed E-state index contributed by atoms with van der Waals surface area (Å²) in [5, 5.41) is 3.05. The summed E-state index contributed by atoms with van der Waals surface area (Å²) in [5.41, 5.74) is 2.18. The summed E-state index contributed by atoms with van der Waals surface area (Å²) >= 11 is 0. The van der Waals surface area contributed by atoms with Gasteiger partial charge >= 0.3 is 8.03 Å². The molecule has 1 aromatic carbocycles. The Morgan fingerprint density at radius 2 is 2.07 bits per heavy atom. The molecule has 0 aliphatic carbocycles. The van der Waals surface area contributed by atoms with Crippen LogP contribution in [0.2, 0.25) is 0 Å². The first kappa shape index (κ1) is 11.9. The SMILES string of the molecule is CNc1ccc(/C=C/CO[P+](C)=O)cc1. The quantitative estimate of drug-likeness (QED) is 0.781. The molecule has 4 heteroatoms. The fraction of sp³-hybridized carbons (Fsp3) is 0.273. The van der Waals surface area contributed by atoms with Gasteiger partial charge in [0.1, 0.15) is 6.61 Å². The third kappa shape index (κ3) is 4.73. The minimum Gasteiger partial charge on any atom is -0.388 e. The first-order chi connectivity index (χ1) is 7.22. The van der Waals surface area contributed by atoms with Gasteiger partial charge in [0.25, 0.3) is 0 Å². The Morgan fingerprint density at radius 3 is 2.60 bits per heavy atom. The molecule has 0 radical (unpaired) electrons. The third-order valence-electron chi connectivity index (χ3n) is 1.86. The molecule has 1 aromatic rings. The van der Waals surface area contributed by atoms with Crippen molar-refractivity contribution in [2.75, 3.05) is 25.6 Å². The highest BCUT2D eigenvalue weighted by Gasteiger charge is 2.02. The van der Waals surface area contributed by atoms with Gasteiger partial charge in [0.2, 0.25) is 0 Å². The zero-order chi connectivity index (χ0) is 11.1. The highest BCUT2D eigenvalue weighted by Crippen LogP contribution is 2.15. The molecule has 0 aliphatic rings. The van der Waals surface area contributed by atoms with Crippen molar-refractivity contribution in [2.24, 2.45) is 0 Å². The van der Waals surface area contributed by atoms with Crippen LogP contribution in [0.1, 0.15) is 5.56 Å². The van der Waals surface area contributed by atoms with E-state index in [4.69, 9.17) is 4.52 Å². The second kappa shape index (κ2) is 6.33. The van der Waals surface area contributed by atoms with E-state index in [0.717, 1.165) is 11.3 Å². The summed E-state index contributed by atoms with van der Waals surface area (Å²) in [7, 11) is 0.385. The van der Waals surface area contributed by atoms with Gasteiger partial charge in [-0.1, -0.05) is 24.3 Å². The number of benzene rings is 1. The van der Waals surface area contributed by atoms with Gasteiger partial charge in [-0.15, -0.1) is 4.52 Å². The molecule has 0 amide bonds. The Balaban J connectivity index is 2.46. The van der Waals surface area contributed by atoms with Crippen LogP contribution in [0.15, 0.2) is 30.3 Å². The molecule has 1 N–H and O–H groups in total. The van der Waals surface area contributed by atoms with Gasteiger partial charge in [0, 0.05) is 12.7 Å². The lowest BCUT2D eigenvalue weighted by atomic mass is 10.2. The first-order valence-electron chi connectivity index (χ1n) is 4.70. The minimum absolute atomic E-state index is 0.388. The number of hydrogen-bond donors (Lipinski definition) is 1. The van der Waals surface area contributed by atoms with E-state index in [-0.39, 0.29) is 0 Å². The van der Waals surface area contributed by atoms with Crippen molar-refractivity contribution in [3.63, 3.8) is 0 Å². The second-order valence-corrected chi connectivity index (χ2v) is 4.15. The van der Waals surface area contributed by atoms with Crippen LogP contribution in [-0.2, 0) is 9.09 Å². The highest BCUT2D eigenvalue weighted by molar-refractivity contribution is 7.38. The van der Waals surface area contributed by atoms with Gasteiger partial charge in [0.05, 0.1) is 0 Å². The molecule has 0 saturated carbocycles. The fourth-order valence-corrected chi connectivity index (χ4v) is 1.39. The van der Waals surface area contributed by atoms with Gasteiger partial charge in [-0.05, 0) is 22.3 Å². The summed E-state index contributed by atoms with van der Waals surface area (Å²) in [4.78, 5) is 0. The predicted octanol–water partition coefficient (Wildman–Crippen LogP) is 3.13. The van der Waals surface area contributed by atoms with Gasteiger partial charge < -0.3 is 5.32 Å². The van der Waals surface area contributed by atoms with Crippen molar-refractivity contribution in [1.29, 1.82) is 0 Å². The molecular formula is C11H15NO2P+. The zero-order valence-corrected chi connectivity index (χ0v) is 9.83. The standard InChI is InChI=1S/C11H15NO2P/c1-12-11-7-5-10(6-8-11)4-3-9-14-15(2)13/h3-8,12H,9H2,1-2H3/q+1/b4-3+. The molecular weight excluding hydrogens is 209 g/mol. The molecule has 0 aromatic heterocycles. The summed E-state index contributed by atoms with van der Waals surface area (Å²) in [6.07, 6.45) is 3.80. The van der Waals surface area contributed by atoms with Crippen LogP contribution in [0.25, 0.3) is 6.08 Å². The van der Waals surface area contributed by atoms with Crippen molar-refractivity contribution >= 4 is 19.8 Å². The fourth-order valence-electron chi connectivity index (χ4n) is 1.09. The van der Waals surface area contributed by atoms with Crippen LogP contribution in [0, 0.1) is 0 Å². The van der Waals surface area contributed by atoms with Crippen LogP contribution < -0.4 is 5.32 Å². The molecule has 0 heterocycles. The lowest BCUT2D eigenvalue weighted by Gasteiger charge is -1.98. The molecule has 1 atom stereocenters. The van der Waals surface area contributed by atoms with Crippen molar-refractivity contribution < 1.29 is 9.09 Å². The van der Waals surface area contributed by atoms with Crippen LogP contribution >= 0.6 is 8.03 Å². The molecule has 3 nitrogen and oxygen atoms in total. The van der Waals surface area contributed by atoms with E-state index < -0.39 is 8.03 Å². The average Bonchev–Trinajstić information content (AvgIpc) is 2.25. The Kier molecular flexibility index (Phi) is 5.02. The van der Waals surface area contributed by atoms with Crippen LogP contribution in [0.3, 0.4) is 0 Å². The lowest BCUT2D eigenvalue weighted by Crippen LogP contribution is -1.86. The largest absolute Gasteiger partial charge is 0.505 e. The number of hydrogen-bond acceptors (Lipinski definition) is 3. The van der Waals surface area contributed by atoms with Gasteiger partial charge in [-0.2, -0.15) is 0 Å². The van der Waals surface area contributed by atoms with Crippen LogP contribution in [0.4, 0.5) is 5.69 Å². The minimum atomic E-state index is -1.50. The van der Waals surface area contributed by atoms with Gasteiger partial charge in [0.15, 0.2) is 6.66 Å². The van der Waals surface area contributed by atoms with Crippen molar-refractivity contribution in [3.8, 4) is 0 Å². The van der Waals surface area contributed by atoms with Crippen LogP contribution in [-0.4, -0.2) is 20.3 Å². The summed E-state index contributed by atoms with van der Waals surface area (Å²) in [5.74, 6) is 0. The normalized spacial score (nSPS) is 11.7. The Morgan fingerprint density at radius 1 is 1.40 bits per heavy atom. The Hall–Kier alpha value is -1.18. The van der Waals surface area contributed by atoms with Crippen molar-refractivity contribution in [3.05, 3.63) is 35.9 Å². The summed E-state index contributed by atoms with van der Waals surface area (Å²) < 4.78 is 15.5. The topological polar surface area (TPSA) is 38.3 Å². The number of anilines is 1. The van der Waals surface area contributed by atoms with Crippen LogP contribution in [0.5, 0.6) is 0 Å². The molecule has 0 spiro atoms. The molecule has 0 bridgehead atoms. The van der Waals surface area contributed by atoms with E-state index in [1.165, 1.54) is 0 Å². The second-order valence-electron chi connectivity index (χ2n) is 3.01. The first-order valence-corrected chi connectivity index (χ1v) is 6.33. The molecule has 80 valence electrons. The smallest absolute Gasteiger partial charge is 0.388 e. The third-order valence-corrected chi connectivity index (χ3v) is 2.37. The lowest BCUT2D eigenvalue weighted by molar-refractivity contribution is 0.376. The van der Waals surface area contributed by atoms with E-state index >= 15 is 0 Å². The molecule has 1 unspecified atom stereocenters. The average molecular weight is 224 g/mol. The Labute approximate surface area is 91.0 Å². The van der Waals surface area contributed by atoms with E-state index in [1.54, 1.807) is 6.66 Å². The molecule has 0 saturated heterocycles. The molecule has 0 aliphatic heterocycles. The summed E-state index contributed by atoms with van der Waals surface area (Å²) in [6, 6.07) is 8.02.